The van der Waals surface area contributed by atoms with E-state index < -0.39 is 23.7 Å². The first-order valence-corrected chi connectivity index (χ1v) is 9.63. The van der Waals surface area contributed by atoms with E-state index in [0.717, 1.165) is 5.56 Å². The zero-order valence-corrected chi connectivity index (χ0v) is 16.2. The number of ether oxygens (including phenoxy) is 3. The van der Waals surface area contributed by atoms with Crippen LogP contribution >= 0.6 is 0 Å². The lowest BCUT2D eigenvalue weighted by molar-refractivity contribution is -0.122. The molecule has 0 fully saturated rings. The molecule has 2 aliphatic heterocycles. The van der Waals surface area contributed by atoms with Gasteiger partial charge in [0.25, 0.3) is 11.8 Å². The van der Waals surface area contributed by atoms with Crippen molar-refractivity contribution >= 4 is 23.2 Å². The second-order valence-electron chi connectivity index (χ2n) is 7.12. The predicted molar refractivity (Wildman–Crippen MR) is 110 cm³/mol. The summed E-state index contributed by atoms with van der Waals surface area (Å²) < 4.78 is 30.4. The lowest BCUT2D eigenvalue weighted by Gasteiger charge is -2.13. The quantitative estimate of drug-likeness (QED) is 0.672. The van der Waals surface area contributed by atoms with Gasteiger partial charge in [0.15, 0.2) is 17.6 Å². The lowest BCUT2D eigenvalue weighted by atomic mass is 10.1. The van der Waals surface area contributed by atoms with Crippen LogP contribution in [0.1, 0.15) is 15.9 Å². The molecule has 2 amide bonds. The number of benzene rings is 3. The Morgan fingerprint density at radius 1 is 0.903 bits per heavy atom. The first-order chi connectivity index (χ1) is 15.1. The third-order valence-electron chi connectivity index (χ3n) is 5.06. The Morgan fingerprint density at radius 2 is 1.74 bits per heavy atom. The second kappa shape index (κ2) is 7.64. The van der Waals surface area contributed by atoms with Gasteiger partial charge in [-0.25, -0.2) is 4.39 Å². The molecule has 0 spiro atoms. The van der Waals surface area contributed by atoms with Crippen molar-refractivity contribution in [3.63, 3.8) is 0 Å². The Balaban J connectivity index is 1.28. The number of carbonyl (C=O) groups is 2. The Labute approximate surface area is 176 Å². The zero-order chi connectivity index (χ0) is 21.4. The summed E-state index contributed by atoms with van der Waals surface area (Å²) in [5.41, 5.74) is 1.56. The van der Waals surface area contributed by atoms with Gasteiger partial charge < -0.3 is 24.8 Å². The molecule has 156 valence electrons. The number of hydrogen-bond acceptors (Lipinski definition) is 5. The number of fused-ring (bicyclic) bond motifs is 2. The molecule has 0 saturated heterocycles. The Morgan fingerprint density at radius 3 is 2.61 bits per heavy atom. The number of para-hydroxylation sites is 1. The molecule has 3 aromatic carbocycles. The molecule has 2 N–H and O–H groups in total. The van der Waals surface area contributed by atoms with Crippen LogP contribution < -0.4 is 24.8 Å². The number of nitrogens with one attached hydrogen (secondary N) is 2. The summed E-state index contributed by atoms with van der Waals surface area (Å²) in [6, 6.07) is 16.1. The summed E-state index contributed by atoms with van der Waals surface area (Å²) in [4.78, 5) is 25.1. The fourth-order valence-electron chi connectivity index (χ4n) is 3.48. The minimum Gasteiger partial charge on any atom is -0.480 e. The van der Waals surface area contributed by atoms with Gasteiger partial charge in [-0.3, -0.25) is 9.59 Å². The zero-order valence-electron chi connectivity index (χ0n) is 16.2. The van der Waals surface area contributed by atoms with Crippen LogP contribution in [0, 0.1) is 5.82 Å². The van der Waals surface area contributed by atoms with Crippen molar-refractivity contribution < 1.29 is 28.2 Å². The highest BCUT2D eigenvalue weighted by Gasteiger charge is 2.29. The molecule has 1 atom stereocenters. The molecule has 0 unspecified atom stereocenters. The number of rotatable bonds is 4. The molecular weight excluding hydrogens is 403 g/mol. The fraction of sp³-hybridized carbons (Fsp3) is 0.130. The fourth-order valence-corrected chi connectivity index (χ4v) is 3.48. The Hall–Kier alpha value is -4.07. The highest BCUT2D eigenvalue weighted by Crippen LogP contribution is 2.33. The molecule has 3 aromatic rings. The van der Waals surface area contributed by atoms with Crippen molar-refractivity contribution in [3.8, 4) is 17.2 Å². The largest absolute Gasteiger partial charge is 0.480 e. The monoisotopic (exact) mass is 420 g/mol. The van der Waals surface area contributed by atoms with Crippen LogP contribution in [0.25, 0.3) is 0 Å². The third kappa shape index (κ3) is 3.75. The van der Waals surface area contributed by atoms with Gasteiger partial charge in [0.05, 0.1) is 5.69 Å². The van der Waals surface area contributed by atoms with E-state index in [4.69, 9.17) is 14.2 Å². The van der Waals surface area contributed by atoms with Crippen LogP contribution in [0.15, 0.2) is 60.7 Å². The number of halogens is 1. The molecule has 31 heavy (non-hydrogen) atoms. The molecule has 0 aliphatic carbocycles. The summed E-state index contributed by atoms with van der Waals surface area (Å²) in [6.07, 6.45) is -0.340. The molecule has 0 aromatic heterocycles. The average molecular weight is 420 g/mol. The van der Waals surface area contributed by atoms with E-state index in [0.29, 0.717) is 34.9 Å². The van der Waals surface area contributed by atoms with Crippen LogP contribution in [-0.2, 0) is 11.2 Å². The van der Waals surface area contributed by atoms with E-state index in [-0.39, 0.29) is 12.5 Å². The SMILES string of the molecule is O=C(Nc1ccc(F)c(NC(=O)[C@@H]2Cc3ccccc3O2)c1)c1ccc2c(c1)OCO2. The maximum Gasteiger partial charge on any atom is 0.265 e. The van der Waals surface area contributed by atoms with Gasteiger partial charge >= 0.3 is 0 Å². The smallest absolute Gasteiger partial charge is 0.265 e. The first-order valence-electron chi connectivity index (χ1n) is 9.63. The summed E-state index contributed by atoms with van der Waals surface area (Å²) in [7, 11) is 0. The van der Waals surface area contributed by atoms with Crippen LogP contribution in [-0.4, -0.2) is 24.7 Å². The summed E-state index contributed by atoms with van der Waals surface area (Å²) >= 11 is 0. The van der Waals surface area contributed by atoms with E-state index in [1.165, 1.54) is 18.2 Å². The molecule has 0 bridgehead atoms. The van der Waals surface area contributed by atoms with E-state index in [1.54, 1.807) is 24.3 Å². The van der Waals surface area contributed by atoms with Crippen molar-refractivity contribution in [2.24, 2.45) is 0 Å². The number of anilines is 2. The molecule has 2 aliphatic rings. The normalized spacial score (nSPS) is 15.7. The number of hydrogen-bond donors (Lipinski definition) is 2. The van der Waals surface area contributed by atoms with Gasteiger partial charge in [-0.1, -0.05) is 18.2 Å². The first kappa shape index (κ1) is 18.9. The standard InChI is InChI=1S/C23H17FN2O5/c24-16-7-6-15(25-22(27)14-5-8-19-20(10-14)30-12-29-19)11-17(16)26-23(28)21-9-13-3-1-2-4-18(13)31-21/h1-8,10-11,21H,9,12H2,(H,25,27)(H,26,28)/t21-/m0/s1. The summed E-state index contributed by atoms with van der Waals surface area (Å²) in [5, 5.41) is 5.24. The average Bonchev–Trinajstić information content (AvgIpc) is 3.42. The van der Waals surface area contributed by atoms with Crippen LogP contribution in [0.4, 0.5) is 15.8 Å². The van der Waals surface area contributed by atoms with Crippen LogP contribution in [0.3, 0.4) is 0 Å². The molecule has 5 rings (SSSR count). The van der Waals surface area contributed by atoms with Gasteiger partial charge in [0.2, 0.25) is 6.79 Å². The highest BCUT2D eigenvalue weighted by molar-refractivity contribution is 6.05. The molecular formula is C23H17FN2O5. The maximum atomic E-state index is 14.3. The summed E-state index contributed by atoms with van der Waals surface area (Å²) in [5.74, 6) is 0.209. The van der Waals surface area contributed by atoms with Crippen LogP contribution in [0.2, 0.25) is 0 Å². The molecule has 8 heteroatoms. The number of amides is 2. The van der Waals surface area contributed by atoms with Crippen molar-refractivity contribution in [1.29, 1.82) is 0 Å². The second-order valence-corrected chi connectivity index (χ2v) is 7.12. The van der Waals surface area contributed by atoms with E-state index in [2.05, 4.69) is 10.6 Å². The number of carbonyl (C=O) groups excluding carboxylic acids is 2. The minimum atomic E-state index is -0.747. The van der Waals surface area contributed by atoms with Gasteiger partial charge in [-0.15, -0.1) is 0 Å². The van der Waals surface area contributed by atoms with Crippen molar-refractivity contribution in [2.75, 3.05) is 17.4 Å². The predicted octanol–water partition coefficient (Wildman–Crippen LogP) is 3.75. The highest BCUT2D eigenvalue weighted by atomic mass is 19.1. The molecule has 0 radical (unpaired) electrons. The van der Waals surface area contributed by atoms with Gasteiger partial charge in [-0.2, -0.15) is 0 Å². The van der Waals surface area contributed by atoms with Crippen LogP contribution in [0.5, 0.6) is 17.2 Å². The van der Waals surface area contributed by atoms with Crippen molar-refractivity contribution in [1.82, 2.24) is 0 Å². The Kier molecular flexibility index (Phi) is 4.66. The van der Waals surface area contributed by atoms with Gasteiger partial charge in [0, 0.05) is 17.7 Å². The minimum absolute atomic E-state index is 0.0481. The van der Waals surface area contributed by atoms with Crippen molar-refractivity contribution in [3.05, 3.63) is 77.6 Å². The Bertz CT molecular complexity index is 1170. The molecule has 2 heterocycles. The van der Waals surface area contributed by atoms with E-state index in [1.807, 2.05) is 18.2 Å². The topological polar surface area (TPSA) is 85.9 Å². The van der Waals surface area contributed by atoms with E-state index >= 15 is 0 Å². The van der Waals surface area contributed by atoms with Crippen molar-refractivity contribution in [2.45, 2.75) is 12.5 Å². The lowest BCUT2D eigenvalue weighted by Crippen LogP contribution is -2.31. The third-order valence-corrected chi connectivity index (χ3v) is 5.06. The molecule has 0 saturated carbocycles. The van der Waals surface area contributed by atoms with Gasteiger partial charge in [-0.05, 0) is 48.0 Å². The van der Waals surface area contributed by atoms with Gasteiger partial charge in [0.1, 0.15) is 11.6 Å². The maximum absolute atomic E-state index is 14.3. The van der Waals surface area contributed by atoms with E-state index in [9.17, 15) is 14.0 Å². The molecule has 7 nitrogen and oxygen atoms in total. The summed E-state index contributed by atoms with van der Waals surface area (Å²) in [6.45, 7) is 0.108.